The fourth-order valence-corrected chi connectivity index (χ4v) is 3.87. The van der Waals surface area contributed by atoms with Crippen LogP contribution >= 0.6 is 0 Å². The fraction of sp³-hybridized carbons (Fsp3) is 0.300. The molecule has 2 aromatic heterocycles. The molecule has 0 radical (unpaired) electrons. The van der Waals surface area contributed by atoms with Gasteiger partial charge in [-0.25, -0.2) is 4.98 Å². The number of carbonyl (C=O) groups is 2. The van der Waals surface area contributed by atoms with Gasteiger partial charge >= 0.3 is 5.97 Å². The van der Waals surface area contributed by atoms with Crippen molar-refractivity contribution in [1.82, 2.24) is 19.7 Å². The number of hydrogen-bond donors (Lipinski definition) is 1. The quantitative estimate of drug-likeness (QED) is 0.770. The summed E-state index contributed by atoms with van der Waals surface area (Å²) >= 11 is 0. The number of carboxylic acid groups (broad SMARTS) is 1. The summed E-state index contributed by atoms with van der Waals surface area (Å²) in [5.74, 6) is -1.91. The summed E-state index contributed by atoms with van der Waals surface area (Å²) in [6, 6.07) is 11.3. The van der Waals surface area contributed by atoms with Crippen molar-refractivity contribution in [1.29, 1.82) is 0 Å². The van der Waals surface area contributed by atoms with Crippen molar-refractivity contribution in [3.8, 4) is 0 Å². The van der Waals surface area contributed by atoms with Gasteiger partial charge in [0.25, 0.3) is 5.91 Å². The van der Waals surface area contributed by atoms with Crippen LogP contribution in [-0.4, -0.2) is 49.7 Å². The van der Waals surface area contributed by atoms with E-state index in [4.69, 9.17) is 0 Å². The molecule has 4 rings (SSSR count). The molecule has 0 spiro atoms. The molecule has 27 heavy (non-hydrogen) atoms. The zero-order chi connectivity index (χ0) is 19.1. The molecule has 0 aliphatic carbocycles. The molecule has 1 aromatic carbocycles. The zero-order valence-electron chi connectivity index (χ0n) is 15.2. The summed E-state index contributed by atoms with van der Waals surface area (Å²) in [5.41, 5.74) is 2.92. The third-order valence-corrected chi connectivity index (χ3v) is 5.26. The number of rotatable bonds is 3. The highest BCUT2D eigenvalue weighted by molar-refractivity contribution is 5.98. The summed E-state index contributed by atoms with van der Waals surface area (Å²) in [6.45, 7) is 2.45. The molecule has 1 saturated heterocycles. The fourth-order valence-electron chi connectivity index (χ4n) is 3.87. The van der Waals surface area contributed by atoms with E-state index >= 15 is 0 Å². The molecule has 2 atom stereocenters. The number of likely N-dealkylation sites (tertiary alicyclic amines) is 1. The molecule has 3 aromatic rings. The summed E-state index contributed by atoms with van der Waals surface area (Å²) in [7, 11) is 1.81. The van der Waals surface area contributed by atoms with Gasteiger partial charge in [-0.15, -0.1) is 0 Å². The van der Waals surface area contributed by atoms with Crippen molar-refractivity contribution < 1.29 is 14.7 Å². The Morgan fingerprint density at radius 3 is 2.63 bits per heavy atom. The van der Waals surface area contributed by atoms with Crippen LogP contribution in [0.5, 0.6) is 0 Å². The van der Waals surface area contributed by atoms with Gasteiger partial charge in [-0.2, -0.15) is 5.10 Å². The van der Waals surface area contributed by atoms with E-state index in [1.165, 1.54) is 6.20 Å². The minimum atomic E-state index is -0.879. The van der Waals surface area contributed by atoms with E-state index in [1.807, 2.05) is 44.3 Å². The SMILES string of the molecule is Cc1nn(C)c2ncc(C(=O)N3CC(C(=O)O)C(c4ccccc4)C3)cc12. The van der Waals surface area contributed by atoms with E-state index in [2.05, 4.69) is 10.1 Å². The lowest BCUT2D eigenvalue weighted by molar-refractivity contribution is -0.141. The summed E-state index contributed by atoms with van der Waals surface area (Å²) in [6.07, 6.45) is 1.54. The Morgan fingerprint density at radius 2 is 1.93 bits per heavy atom. The zero-order valence-corrected chi connectivity index (χ0v) is 15.2. The Hall–Kier alpha value is -3.22. The smallest absolute Gasteiger partial charge is 0.308 e. The molecule has 1 aliphatic heterocycles. The Bertz CT molecular complexity index is 1030. The lowest BCUT2D eigenvalue weighted by Gasteiger charge is -2.16. The molecule has 7 nitrogen and oxygen atoms in total. The van der Waals surface area contributed by atoms with E-state index < -0.39 is 11.9 Å². The van der Waals surface area contributed by atoms with Crippen LogP contribution in [-0.2, 0) is 11.8 Å². The minimum Gasteiger partial charge on any atom is -0.481 e. The van der Waals surface area contributed by atoms with Crippen LogP contribution < -0.4 is 0 Å². The molecule has 1 aliphatic rings. The predicted molar refractivity (Wildman–Crippen MR) is 99.5 cm³/mol. The van der Waals surface area contributed by atoms with Gasteiger partial charge in [0.15, 0.2) is 5.65 Å². The molecule has 1 fully saturated rings. The van der Waals surface area contributed by atoms with Crippen LogP contribution in [0.4, 0.5) is 0 Å². The number of fused-ring (bicyclic) bond motifs is 1. The number of carboxylic acids is 1. The third-order valence-electron chi connectivity index (χ3n) is 5.26. The van der Waals surface area contributed by atoms with Crippen molar-refractivity contribution in [2.45, 2.75) is 12.8 Å². The average Bonchev–Trinajstić information content (AvgIpc) is 3.24. The highest BCUT2D eigenvalue weighted by Gasteiger charge is 2.40. The van der Waals surface area contributed by atoms with Crippen LogP contribution in [0.3, 0.4) is 0 Å². The topological polar surface area (TPSA) is 88.3 Å². The van der Waals surface area contributed by atoms with E-state index in [1.54, 1.807) is 15.6 Å². The minimum absolute atomic E-state index is 0.192. The summed E-state index contributed by atoms with van der Waals surface area (Å²) < 4.78 is 1.68. The molecular weight excluding hydrogens is 344 g/mol. The van der Waals surface area contributed by atoms with Gasteiger partial charge in [0.05, 0.1) is 17.2 Å². The number of amides is 1. The first-order chi connectivity index (χ1) is 13.0. The number of nitrogens with zero attached hydrogens (tertiary/aromatic N) is 4. The van der Waals surface area contributed by atoms with Crippen LogP contribution in [0.15, 0.2) is 42.6 Å². The first kappa shape index (κ1) is 17.2. The Labute approximate surface area is 156 Å². The number of hydrogen-bond acceptors (Lipinski definition) is 4. The van der Waals surface area contributed by atoms with Crippen LogP contribution in [0.2, 0.25) is 0 Å². The molecule has 138 valence electrons. The second-order valence-corrected chi connectivity index (χ2v) is 6.98. The van der Waals surface area contributed by atoms with Gasteiger partial charge in [-0.05, 0) is 18.6 Å². The largest absolute Gasteiger partial charge is 0.481 e. The second kappa shape index (κ2) is 6.50. The Morgan fingerprint density at radius 1 is 1.19 bits per heavy atom. The van der Waals surface area contributed by atoms with Crippen LogP contribution in [0.25, 0.3) is 11.0 Å². The highest BCUT2D eigenvalue weighted by Crippen LogP contribution is 2.33. The molecule has 2 unspecified atom stereocenters. The van der Waals surface area contributed by atoms with Gasteiger partial charge in [0.1, 0.15) is 0 Å². The standard InChI is InChI=1S/C20H20N4O3/c1-12-15-8-14(9-21-18(15)23(2)22-12)19(25)24-10-16(17(11-24)20(26)27)13-6-4-3-5-7-13/h3-9,16-17H,10-11H2,1-2H3,(H,26,27). The van der Waals surface area contributed by atoms with Gasteiger partial charge < -0.3 is 10.0 Å². The van der Waals surface area contributed by atoms with Crippen molar-refractivity contribution in [2.75, 3.05) is 13.1 Å². The van der Waals surface area contributed by atoms with E-state index in [0.29, 0.717) is 12.1 Å². The number of carbonyl (C=O) groups excluding carboxylic acids is 1. The van der Waals surface area contributed by atoms with Crippen LogP contribution in [0.1, 0.15) is 27.5 Å². The first-order valence-corrected chi connectivity index (χ1v) is 8.82. The molecular formula is C20H20N4O3. The first-order valence-electron chi connectivity index (χ1n) is 8.82. The van der Waals surface area contributed by atoms with E-state index in [-0.39, 0.29) is 18.4 Å². The lowest BCUT2D eigenvalue weighted by atomic mass is 9.89. The number of pyridine rings is 1. The maximum atomic E-state index is 13.0. The van der Waals surface area contributed by atoms with Crippen molar-refractivity contribution in [3.63, 3.8) is 0 Å². The monoisotopic (exact) mass is 364 g/mol. The van der Waals surface area contributed by atoms with Crippen molar-refractivity contribution in [2.24, 2.45) is 13.0 Å². The molecule has 3 heterocycles. The van der Waals surface area contributed by atoms with Crippen molar-refractivity contribution >= 4 is 22.9 Å². The molecule has 1 amide bonds. The number of benzene rings is 1. The molecule has 0 saturated carbocycles. The molecule has 7 heteroatoms. The molecule has 0 bridgehead atoms. The second-order valence-electron chi connectivity index (χ2n) is 6.98. The van der Waals surface area contributed by atoms with E-state index in [9.17, 15) is 14.7 Å². The number of aryl methyl sites for hydroxylation is 2. The number of aliphatic carboxylic acids is 1. The third kappa shape index (κ3) is 2.95. The van der Waals surface area contributed by atoms with Gasteiger partial charge in [0.2, 0.25) is 0 Å². The van der Waals surface area contributed by atoms with Crippen LogP contribution in [0, 0.1) is 12.8 Å². The predicted octanol–water partition coefficient (Wildman–Crippen LogP) is 2.22. The van der Waals surface area contributed by atoms with Crippen molar-refractivity contribution in [3.05, 3.63) is 59.4 Å². The van der Waals surface area contributed by atoms with Gasteiger partial charge in [0, 0.05) is 37.6 Å². The summed E-state index contributed by atoms with van der Waals surface area (Å²) in [4.78, 5) is 30.7. The maximum Gasteiger partial charge on any atom is 0.308 e. The highest BCUT2D eigenvalue weighted by atomic mass is 16.4. The van der Waals surface area contributed by atoms with Gasteiger partial charge in [-0.1, -0.05) is 30.3 Å². The normalized spacial score (nSPS) is 19.6. The van der Waals surface area contributed by atoms with E-state index in [0.717, 1.165) is 22.3 Å². The Kier molecular flexibility index (Phi) is 4.14. The maximum absolute atomic E-state index is 13.0. The summed E-state index contributed by atoms with van der Waals surface area (Å²) in [5, 5.41) is 14.8. The number of aromatic nitrogens is 3. The Balaban J connectivity index is 1.64. The lowest BCUT2D eigenvalue weighted by Crippen LogP contribution is -2.30. The molecule has 1 N–H and O–H groups in total. The average molecular weight is 364 g/mol. The van der Waals surface area contributed by atoms with Gasteiger partial charge in [-0.3, -0.25) is 14.3 Å².